The SMILES string of the molecule is CC(C)CN(Cc1cccn1C)C(=O)CN(CC(C)C)C(=O)c1ccc(F)cc1. The van der Waals surface area contributed by atoms with Crippen molar-refractivity contribution in [3.63, 3.8) is 0 Å². The summed E-state index contributed by atoms with van der Waals surface area (Å²) >= 11 is 0. The number of nitrogens with zero attached hydrogens (tertiary/aromatic N) is 3. The third-order valence-electron chi connectivity index (χ3n) is 4.63. The van der Waals surface area contributed by atoms with E-state index in [1.54, 1.807) is 4.90 Å². The summed E-state index contributed by atoms with van der Waals surface area (Å²) in [4.78, 5) is 29.5. The Kier molecular flexibility index (Phi) is 8.00. The van der Waals surface area contributed by atoms with Gasteiger partial charge in [0, 0.05) is 37.6 Å². The minimum absolute atomic E-state index is 0.00549. The highest BCUT2D eigenvalue weighted by Crippen LogP contribution is 2.13. The number of aryl methyl sites for hydroxylation is 1. The van der Waals surface area contributed by atoms with Gasteiger partial charge in [0.25, 0.3) is 5.91 Å². The lowest BCUT2D eigenvalue weighted by molar-refractivity contribution is -0.133. The van der Waals surface area contributed by atoms with Gasteiger partial charge >= 0.3 is 0 Å². The molecular weight excluding hydrogens is 369 g/mol. The number of rotatable bonds is 9. The molecular formula is C23H32FN3O2. The molecule has 0 bridgehead atoms. The van der Waals surface area contributed by atoms with Crippen molar-refractivity contribution in [2.75, 3.05) is 19.6 Å². The molecule has 0 atom stereocenters. The Balaban J connectivity index is 2.19. The summed E-state index contributed by atoms with van der Waals surface area (Å²) in [5.41, 5.74) is 1.43. The van der Waals surface area contributed by atoms with Gasteiger partial charge in [-0.2, -0.15) is 0 Å². The molecule has 5 nitrogen and oxygen atoms in total. The third-order valence-corrected chi connectivity index (χ3v) is 4.63. The topological polar surface area (TPSA) is 45.6 Å². The van der Waals surface area contributed by atoms with Crippen molar-refractivity contribution >= 4 is 11.8 Å². The van der Waals surface area contributed by atoms with Crippen molar-refractivity contribution in [2.45, 2.75) is 34.2 Å². The molecule has 2 amide bonds. The first-order valence-corrected chi connectivity index (χ1v) is 10.1. The van der Waals surface area contributed by atoms with Gasteiger partial charge in [0.15, 0.2) is 0 Å². The van der Waals surface area contributed by atoms with Crippen molar-refractivity contribution in [2.24, 2.45) is 18.9 Å². The van der Waals surface area contributed by atoms with Gasteiger partial charge in [0.05, 0.1) is 6.54 Å². The minimum atomic E-state index is -0.390. The maximum Gasteiger partial charge on any atom is 0.254 e. The third kappa shape index (κ3) is 6.73. The molecule has 158 valence electrons. The standard InChI is InChI=1S/C23H32FN3O2/c1-17(2)13-26(15-21-7-6-12-25(21)5)22(28)16-27(14-18(3)4)23(29)19-8-10-20(24)11-9-19/h6-12,17-18H,13-16H2,1-5H3. The summed E-state index contributed by atoms with van der Waals surface area (Å²) in [5, 5.41) is 0. The van der Waals surface area contributed by atoms with Gasteiger partial charge in [-0.15, -0.1) is 0 Å². The lowest BCUT2D eigenvalue weighted by Gasteiger charge is -2.30. The number of benzene rings is 1. The summed E-state index contributed by atoms with van der Waals surface area (Å²) in [6, 6.07) is 9.41. The van der Waals surface area contributed by atoms with E-state index in [1.807, 2.05) is 48.7 Å². The Hall–Kier alpha value is -2.63. The zero-order valence-electron chi connectivity index (χ0n) is 18.1. The van der Waals surface area contributed by atoms with Crippen molar-refractivity contribution < 1.29 is 14.0 Å². The fourth-order valence-electron chi connectivity index (χ4n) is 3.25. The van der Waals surface area contributed by atoms with Crippen LogP contribution in [0.3, 0.4) is 0 Å². The van der Waals surface area contributed by atoms with Gasteiger partial charge in [-0.1, -0.05) is 27.7 Å². The van der Waals surface area contributed by atoms with Gasteiger partial charge in [-0.05, 0) is 48.2 Å². The molecule has 29 heavy (non-hydrogen) atoms. The van der Waals surface area contributed by atoms with Gasteiger partial charge in [0.1, 0.15) is 12.4 Å². The van der Waals surface area contributed by atoms with Crippen molar-refractivity contribution in [3.8, 4) is 0 Å². The van der Waals surface area contributed by atoms with Crippen LogP contribution >= 0.6 is 0 Å². The van der Waals surface area contributed by atoms with Crippen LogP contribution in [0.4, 0.5) is 4.39 Å². The van der Waals surface area contributed by atoms with Crippen LogP contribution in [-0.2, 0) is 18.4 Å². The van der Waals surface area contributed by atoms with Crippen LogP contribution in [0, 0.1) is 17.7 Å². The molecule has 2 rings (SSSR count). The highest BCUT2D eigenvalue weighted by Gasteiger charge is 2.24. The molecule has 1 heterocycles. The molecule has 0 aliphatic rings. The van der Waals surface area contributed by atoms with E-state index in [4.69, 9.17) is 0 Å². The molecule has 0 saturated heterocycles. The number of carbonyl (C=O) groups excluding carboxylic acids is 2. The van der Waals surface area contributed by atoms with Gasteiger partial charge < -0.3 is 14.4 Å². The van der Waals surface area contributed by atoms with Crippen LogP contribution in [0.2, 0.25) is 0 Å². The molecule has 6 heteroatoms. The molecule has 0 saturated carbocycles. The molecule has 0 unspecified atom stereocenters. The monoisotopic (exact) mass is 401 g/mol. The fourth-order valence-corrected chi connectivity index (χ4v) is 3.25. The Morgan fingerprint density at radius 1 is 0.966 bits per heavy atom. The maximum atomic E-state index is 13.2. The Bertz CT molecular complexity index is 812. The summed E-state index contributed by atoms with van der Waals surface area (Å²) in [5.74, 6) is -0.214. The molecule has 0 radical (unpaired) electrons. The molecule has 1 aromatic carbocycles. The summed E-state index contributed by atoms with van der Waals surface area (Å²) < 4.78 is 15.2. The number of hydrogen-bond donors (Lipinski definition) is 0. The quantitative estimate of drug-likeness (QED) is 0.639. The van der Waals surface area contributed by atoms with Crippen molar-refractivity contribution in [1.82, 2.24) is 14.4 Å². The van der Waals surface area contributed by atoms with Crippen LogP contribution in [0.25, 0.3) is 0 Å². The number of amides is 2. The molecule has 0 aliphatic carbocycles. The fraction of sp³-hybridized carbons (Fsp3) is 0.478. The van der Waals surface area contributed by atoms with Crippen LogP contribution in [-0.4, -0.2) is 45.8 Å². The number of aromatic nitrogens is 1. The van der Waals surface area contributed by atoms with Crippen LogP contribution in [0.5, 0.6) is 0 Å². The molecule has 2 aromatic rings. The van der Waals surface area contributed by atoms with Gasteiger partial charge in [-0.3, -0.25) is 9.59 Å². The van der Waals surface area contributed by atoms with Crippen LogP contribution in [0.15, 0.2) is 42.6 Å². The van der Waals surface area contributed by atoms with E-state index >= 15 is 0 Å². The van der Waals surface area contributed by atoms with E-state index in [2.05, 4.69) is 13.8 Å². The predicted molar refractivity (Wildman–Crippen MR) is 113 cm³/mol. The van der Waals surface area contributed by atoms with E-state index in [1.165, 1.54) is 24.3 Å². The first-order chi connectivity index (χ1) is 13.7. The minimum Gasteiger partial charge on any atom is -0.353 e. The molecule has 0 N–H and O–H groups in total. The van der Waals surface area contributed by atoms with Crippen LogP contribution in [0.1, 0.15) is 43.7 Å². The molecule has 0 fully saturated rings. The predicted octanol–water partition coefficient (Wildman–Crippen LogP) is 3.95. The average molecular weight is 402 g/mol. The normalized spacial score (nSPS) is 11.2. The molecule has 0 aliphatic heterocycles. The highest BCUT2D eigenvalue weighted by atomic mass is 19.1. The van der Waals surface area contributed by atoms with E-state index < -0.39 is 5.82 Å². The maximum absolute atomic E-state index is 13.2. The van der Waals surface area contributed by atoms with E-state index in [0.717, 1.165) is 5.69 Å². The van der Waals surface area contributed by atoms with Gasteiger partial charge in [0.2, 0.25) is 5.91 Å². The van der Waals surface area contributed by atoms with E-state index in [9.17, 15) is 14.0 Å². The lowest BCUT2D eigenvalue weighted by atomic mass is 10.1. The lowest BCUT2D eigenvalue weighted by Crippen LogP contribution is -2.45. The summed E-state index contributed by atoms with van der Waals surface area (Å²) in [6.45, 7) is 9.73. The smallest absolute Gasteiger partial charge is 0.254 e. The first-order valence-electron chi connectivity index (χ1n) is 10.1. The second-order valence-corrected chi connectivity index (χ2v) is 8.36. The van der Waals surface area contributed by atoms with E-state index in [-0.39, 0.29) is 24.3 Å². The number of halogens is 1. The molecule has 1 aromatic heterocycles. The van der Waals surface area contributed by atoms with Gasteiger partial charge in [-0.25, -0.2) is 4.39 Å². The zero-order valence-corrected chi connectivity index (χ0v) is 18.1. The first kappa shape index (κ1) is 22.7. The zero-order chi connectivity index (χ0) is 21.6. The second kappa shape index (κ2) is 10.2. The largest absolute Gasteiger partial charge is 0.353 e. The summed E-state index contributed by atoms with van der Waals surface area (Å²) in [7, 11) is 1.95. The Morgan fingerprint density at radius 3 is 2.07 bits per heavy atom. The average Bonchev–Trinajstić information content (AvgIpc) is 3.04. The molecule has 0 spiro atoms. The number of carbonyl (C=O) groups is 2. The highest BCUT2D eigenvalue weighted by molar-refractivity contribution is 5.96. The van der Waals surface area contributed by atoms with Crippen molar-refractivity contribution in [3.05, 3.63) is 59.7 Å². The Morgan fingerprint density at radius 2 is 1.55 bits per heavy atom. The second-order valence-electron chi connectivity index (χ2n) is 8.36. The van der Waals surface area contributed by atoms with E-state index in [0.29, 0.717) is 31.1 Å². The summed E-state index contributed by atoms with van der Waals surface area (Å²) in [6.07, 6.45) is 1.95. The van der Waals surface area contributed by atoms with Crippen LogP contribution < -0.4 is 0 Å². The number of hydrogen-bond acceptors (Lipinski definition) is 2. The van der Waals surface area contributed by atoms with Crippen molar-refractivity contribution in [1.29, 1.82) is 0 Å². The Labute approximate surface area is 173 Å².